The second-order valence-corrected chi connectivity index (χ2v) is 4.46. The van der Waals surface area contributed by atoms with Crippen LogP contribution in [-0.2, 0) is 4.74 Å². The second kappa shape index (κ2) is 5.87. The number of benzene rings is 1. The fourth-order valence-corrected chi connectivity index (χ4v) is 1.98. The van der Waals surface area contributed by atoms with E-state index in [1.165, 1.54) is 6.92 Å². The van der Waals surface area contributed by atoms with E-state index >= 15 is 0 Å². The highest BCUT2D eigenvalue weighted by Gasteiger charge is 2.17. The number of methoxy groups -OCH3 is 1. The normalized spacial score (nSPS) is 18.7. The van der Waals surface area contributed by atoms with Crippen molar-refractivity contribution < 1.29 is 19.0 Å². The fourth-order valence-electron chi connectivity index (χ4n) is 1.98. The molecule has 1 aliphatic rings. The third-order valence-electron chi connectivity index (χ3n) is 3.06. The van der Waals surface area contributed by atoms with Crippen molar-refractivity contribution in [2.45, 2.75) is 13.3 Å². The summed E-state index contributed by atoms with van der Waals surface area (Å²) >= 11 is 0. The van der Waals surface area contributed by atoms with Crippen LogP contribution in [0.5, 0.6) is 11.5 Å². The van der Waals surface area contributed by atoms with Crippen LogP contribution >= 0.6 is 0 Å². The standard InChI is InChI=1S/C14H18O4/c1-10(15)13-7-12(3-4-14(13)16-2)18-9-11-5-6-17-8-11/h3-4,7,11H,5-6,8-9H2,1-2H3/t11-/m0/s1. The summed E-state index contributed by atoms with van der Waals surface area (Å²) in [7, 11) is 1.55. The Morgan fingerprint density at radius 1 is 1.50 bits per heavy atom. The predicted octanol–water partition coefficient (Wildman–Crippen LogP) is 2.31. The zero-order valence-corrected chi connectivity index (χ0v) is 10.8. The summed E-state index contributed by atoms with van der Waals surface area (Å²) in [6.07, 6.45) is 1.04. The van der Waals surface area contributed by atoms with Gasteiger partial charge in [-0.1, -0.05) is 0 Å². The lowest BCUT2D eigenvalue weighted by atomic mass is 10.1. The molecule has 0 bridgehead atoms. The van der Waals surface area contributed by atoms with Crippen LogP contribution in [0.25, 0.3) is 0 Å². The van der Waals surface area contributed by atoms with Gasteiger partial charge in [-0.3, -0.25) is 4.79 Å². The molecule has 4 heteroatoms. The van der Waals surface area contributed by atoms with E-state index in [0.717, 1.165) is 19.6 Å². The minimum absolute atomic E-state index is 0.0264. The van der Waals surface area contributed by atoms with Gasteiger partial charge in [0.25, 0.3) is 0 Å². The van der Waals surface area contributed by atoms with Gasteiger partial charge in [0.1, 0.15) is 11.5 Å². The quantitative estimate of drug-likeness (QED) is 0.752. The molecule has 18 heavy (non-hydrogen) atoms. The first kappa shape index (κ1) is 12.9. The van der Waals surface area contributed by atoms with Crippen molar-refractivity contribution in [3.8, 4) is 11.5 Å². The Kier molecular flexibility index (Phi) is 4.20. The minimum atomic E-state index is -0.0264. The lowest BCUT2D eigenvalue weighted by Gasteiger charge is -2.12. The molecular weight excluding hydrogens is 232 g/mol. The highest BCUT2D eigenvalue weighted by molar-refractivity contribution is 5.97. The molecule has 0 amide bonds. The molecule has 1 heterocycles. The van der Waals surface area contributed by atoms with E-state index < -0.39 is 0 Å². The van der Waals surface area contributed by atoms with Crippen LogP contribution in [0.4, 0.5) is 0 Å². The average Bonchev–Trinajstić information content (AvgIpc) is 2.89. The molecule has 0 radical (unpaired) electrons. The first-order chi connectivity index (χ1) is 8.70. The van der Waals surface area contributed by atoms with Crippen molar-refractivity contribution in [3.05, 3.63) is 23.8 Å². The van der Waals surface area contributed by atoms with Crippen LogP contribution in [-0.4, -0.2) is 32.7 Å². The van der Waals surface area contributed by atoms with E-state index in [1.54, 1.807) is 19.2 Å². The number of hydrogen-bond donors (Lipinski definition) is 0. The predicted molar refractivity (Wildman–Crippen MR) is 67.4 cm³/mol. The molecule has 1 atom stereocenters. The van der Waals surface area contributed by atoms with E-state index in [4.69, 9.17) is 14.2 Å². The zero-order chi connectivity index (χ0) is 13.0. The lowest BCUT2D eigenvalue weighted by molar-refractivity contribution is 0.101. The largest absolute Gasteiger partial charge is 0.496 e. The number of hydrogen-bond acceptors (Lipinski definition) is 4. The minimum Gasteiger partial charge on any atom is -0.496 e. The topological polar surface area (TPSA) is 44.8 Å². The van der Waals surface area contributed by atoms with Crippen molar-refractivity contribution in [3.63, 3.8) is 0 Å². The molecule has 0 saturated carbocycles. The van der Waals surface area contributed by atoms with Crippen LogP contribution in [0, 0.1) is 5.92 Å². The van der Waals surface area contributed by atoms with Crippen molar-refractivity contribution >= 4 is 5.78 Å². The summed E-state index contributed by atoms with van der Waals surface area (Å²) in [4.78, 5) is 11.5. The van der Waals surface area contributed by atoms with Gasteiger partial charge in [-0.15, -0.1) is 0 Å². The summed E-state index contributed by atoms with van der Waals surface area (Å²) in [5.74, 6) is 1.71. The number of Topliss-reactive ketones (excluding diaryl/α,β-unsaturated/α-hetero) is 1. The molecule has 0 aliphatic carbocycles. The third kappa shape index (κ3) is 3.01. The Bertz CT molecular complexity index is 422. The molecule has 1 fully saturated rings. The number of carbonyl (C=O) groups is 1. The highest BCUT2D eigenvalue weighted by atomic mass is 16.5. The van der Waals surface area contributed by atoms with E-state index in [1.807, 2.05) is 6.07 Å². The van der Waals surface area contributed by atoms with Gasteiger partial charge in [-0.05, 0) is 31.5 Å². The van der Waals surface area contributed by atoms with Gasteiger partial charge in [-0.25, -0.2) is 0 Å². The van der Waals surface area contributed by atoms with E-state index in [2.05, 4.69) is 0 Å². The van der Waals surface area contributed by atoms with Gasteiger partial charge in [-0.2, -0.15) is 0 Å². The molecule has 0 unspecified atom stereocenters. The monoisotopic (exact) mass is 250 g/mol. The molecule has 1 aliphatic heterocycles. The van der Waals surface area contributed by atoms with Gasteiger partial charge >= 0.3 is 0 Å². The first-order valence-corrected chi connectivity index (χ1v) is 6.10. The molecule has 2 rings (SSSR count). The maximum absolute atomic E-state index is 11.5. The first-order valence-electron chi connectivity index (χ1n) is 6.10. The van der Waals surface area contributed by atoms with Crippen LogP contribution in [0.15, 0.2) is 18.2 Å². The number of ether oxygens (including phenoxy) is 3. The van der Waals surface area contributed by atoms with Gasteiger partial charge in [0, 0.05) is 12.5 Å². The van der Waals surface area contributed by atoms with Gasteiger partial charge in [0.05, 0.1) is 25.9 Å². The Hall–Kier alpha value is -1.55. The summed E-state index contributed by atoms with van der Waals surface area (Å²) in [5.41, 5.74) is 0.553. The average molecular weight is 250 g/mol. The fraction of sp³-hybridized carbons (Fsp3) is 0.500. The van der Waals surface area contributed by atoms with Crippen LogP contribution < -0.4 is 9.47 Å². The molecule has 0 N–H and O–H groups in total. The SMILES string of the molecule is COc1ccc(OC[C@H]2CCOC2)cc1C(C)=O. The molecule has 1 aromatic carbocycles. The number of ketones is 1. The summed E-state index contributed by atoms with van der Waals surface area (Å²) in [6, 6.07) is 5.31. The van der Waals surface area contributed by atoms with E-state index in [9.17, 15) is 4.79 Å². The Morgan fingerprint density at radius 2 is 2.33 bits per heavy atom. The molecular formula is C14H18O4. The third-order valence-corrected chi connectivity index (χ3v) is 3.06. The van der Waals surface area contributed by atoms with Gasteiger partial charge in [0.15, 0.2) is 5.78 Å². The molecule has 1 aromatic rings. The maximum atomic E-state index is 11.5. The summed E-state index contributed by atoms with van der Waals surface area (Å²) in [6.45, 7) is 3.72. The van der Waals surface area contributed by atoms with Crippen molar-refractivity contribution in [2.24, 2.45) is 5.92 Å². The van der Waals surface area contributed by atoms with Crippen molar-refractivity contribution in [2.75, 3.05) is 26.9 Å². The second-order valence-electron chi connectivity index (χ2n) is 4.46. The van der Waals surface area contributed by atoms with E-state index in [-0.39, 0.29) is 5.78 Å². The molecule has 4 nitrogen and oxygen atoms in total. The Balaban J connectivity index is 2.04. The summed E-state index contributed by atoms with van der Waals surface area (Å²) in [5, 5.41) is 0. The van der Waals surface area contributed by atoms with Gasteiger partial charge < -0.3 is 14.2 Å². The smallest absolute Gasteiger partial charge is 0.163 e. The summed E-state index contributed by atoms with van der Waals surface area (Å²) < 4.78 is 16.1. The molecule has 0 aromatic heterocycles. The van der Waals surface area contributed by atoms with Crippen LogP contribution in [0.3, 0.4) is 0 Å². The van der Waals surface area contributed by atoms with Crippen molar-refractivity contribution in [1.29, 1.82) is 0 Å². The number of rotatable bonds is 5. The molecule has 1 saturated heterocycles. The van der Waals surface area contributed by atoms with Crippen LogP contribution in [0.1, 0.15) is 23.7 Å². The Morgan fingerprint density at radius 3 is 2.94 bits per heavy atom. The Labute approximate surface area is 107 Å². The van der Waals surface area contributed by atoms with Gasteiger partial charge in [0.2, 0.25) is 0 Å². The van der Waals surface area contributed by atoms with Crippen molar-refractivity contribution in [1.82, 2.24) is 0 Å². The lowest BCUT2D eigenvalue weighted by Crippen LogP contribution is -2.12. The van der Waals surface area contributed by atoms with Crippen LogP contribution in [0.2, 0.25) is 0 Å². The number of carbonyl (C=O) groups excluding carboxylic acids is 1. The zero-order valence-electron chi connectivity index (χ0n) is 10.8. The maximum Gasteiger partial charge on any atom is 0.163 e. The molecule has 98 valence electrons. The highest BCUT2D eigenvalue weighted by Crippen LogP contribution is 2.25. The van der Waals surface area contributed by atoms with E-state index in [0.29, 0.717) is 29.6 Å². The molecule has 0 spiro atoms.